The van der Waals surface area contributed by atoms with Gasteiger partial charge in [-0.15, -0.1) is 0 Å². The maximum atomic E-state index is 12.8. The summed E-state index contributed by atoms with van der Waals surface area (Å²) in [6, 6.07) is 13.5. The molecule has 30 heavy (non-hydrogen) atoms. The van der Waals surface area contributed by atoms with Crippen molar-refractivity contribution >= 4 is 5.97 Å². The number of ether oxygens (including phenoxy) is 3. The first-order valence-corrected chi connectivity index (χ1v) is 10.2. The molecule has 0 radical (unpaired) electrons. The molecule has 0 aromatic heterocycles. The minimum atomic E-state index is -0.622. The number of carbonyl (C=O) groups excluding carboxylic acids is 1. The Morgan fingerprint density at radius 2 is 1.50 bits per heavy atom. The van der Waals surface area contributed by atoms with Crippen LogP contribution in [0.25, 0.3) is 0 Å². The molecule has 2 aromatic carbocycles. The summed E-state index contributed by atoms with van der Waals surface area (Å²) in [5.41, 5.74) is 0.579. The summed E-state index contributed by atoms with van der Waals surface area (Å²) in [5, 5.41) is 12.3. The van der Waals surface area contributed by atoms with E-state index >= 15 is 0 Å². The van der Waals surface area contributed by atoms with Gasteiger partial charge in [0.25, 0.3) is 0 Å². The molecule has 0 saturated carbocycles. The molecule has 1 aliphatic carbocycles. The second-order valence-electron chi connectivity index (χ2n) is 6.80. The summed E-state index contributed by atoms with van der Waals surface area (Å²) in [5.74, 6) is -0.172. The molecule has 0 amide bonds. The van der Waals surface area contributed by atoms with Crippen molar-refractivity contribution in [3.8, 4) is 17.2 Å². The maximum absolute atomic E-state index is 12.8. The van der Waals surface area contributed by atoms with Crippen molar-refractivity contribution in [2.75, 3.05) is 6.61 Å². The largest absolute Gasteiger partial charge is 0.578 e. The summed E-state index contributed by atoms with van der Waals surface area (Å²) in [6.45, 7) is 2.72. The third-order valence-corrected chi connectivity index (χ3v) is 4.52. The number of benzene rings is 2. The van der Waals surface area contributed by atoms with Crippen LogP contribution in [0, 0.1) is 0 Å². The van der Waals surface area contributed by atoms with Crippen LogP contribution in [0.1, 0.15) is 43.0 Å². The fourth-order valence-electron chi connectivity index (χ4n) is 2.91. The lowest BCUT2D eigenvalue weighted by atomic mass is 10.2. The molecule has 0 aliphatic heterocycles. The van der Waals surface area contributed by atoms with Gasteiger partial charge in [0.05, 0.1) is 18.1 Å². The predicted octanol–water partition coefficient (Wildman–Crippen LogP) is 4.94. The van der Waals surface area contributed by atoms with E-state index in [0.29, 0.717) is 23.7 Å². The summed E-state index contributed by atoms with van der Waals surface area (Å²) in [7, 11) is 0. The van der Waals surface area contributed by atoms with Crippen LogP contribution >= 0.6 is 0 Å². The van der Waals surface area contributed by atoms with Gasteiger partial charge in [-0.3, -0.25) is 0 Å². The van der Waals surface area contributed by atoms with Crippen molar-refractivity contribution in [2.45, 2.75) is 32.6 Å². The van der Waals surface area contributed by atoms with E-state index in [9.17, 15) is 9.90 Å². The molecule has 3 rings (SSSR count). The second-order valence-corrected chi connectivity index (χ2v) is 6.80. The fraction of sp³-hybridized carbons (Fsp3) is 0.240. The number of allylic oxidation sites excluding steroid dienone is 5. The van der Waals surface area contributed by atoms with Gasteiger partial charge in [-0.25, -0.2) is 4.79 Å². The maximum Gasteiger partial charge on any atom is 0.344 e. The lowest BCUT2D eigenvalue weighted by molar-refractivity contribution is -0.343. The van der Waals surface area contributed by atoms with E-state index in [0.717, 1.165) is 19.3 Å². The molecule has 2 aromatic rings. The Labute approximate surface area is 176 Å². The van der Waals surface area contributed by atoms with Gasteiger partial charge in [0.2, 0.25) is 0 Å². The summed E-state index contributed by atoms with van der Waals surface area (Å²) < 4.78 is 16.8. The first-order chi connectivity index (χ1) is 14.7. The van der Waals surface area contributed by atoms with Gasteiger partial charge in [0, 0.05) is 5.75 Å². The van der Waals surface area contributed by atoms with Crippen LogP contribution in [-0.2, 0) is 0 Å². The third kappa shape index (κ3) is 5.77. The van der Waals surface area contributed by atoms with Gasteiger partial charge < -0.3 is 19.3 Å². The predicted molar refractivity (Wildman–Crippen MR) is 113 cm³/mol. The van der Waals surface area contributed by atoms with Crippen molar-refractivity contribution in [2.24, 2.45) is 0 Å². The first-order valence-electron chi connectivity index (χ1n) is 10.2. The fourth-order valence-corrected chi connectivity index (χ4v) is 2.91. The molecule has 1 aliphatic rings. The van der Waals surface area contributed by atoms with E-state index in [-0.39, 0.29) is 11.3 Å². The summed E-state index contributed by atoms with van der Waals surface area (Å²) in [6.07, 6.45) is 11.2. The van der Waals surface area contributed by atoms with Crippen LogP contribution in [-0.4, -0.2) is 12.6 Å². The normalized spacial score (nSPS) is 12.1. The lowest BCUT2D eigenvalue weighted by Crippen LogP contribution is -2.16. The van der Waals surface area contributed by atoms with Crippen molar-refractivity contribution in [1.29, 1.82) is 0 Å². The molecule has 156 valence electrons. The van der Waals surface area contributed by atoms with Gasteiger partial charge in [-0.1, -0.05) is 74.8 Å². The number of esters is 1. The number of rotatable bonds is 10. The number of hydrogen-bond donors (Lipinski definition) is 0. The minimum Gasteiger partial charge on any atom is -0.578 e. The Morgan fingerprint density at radius 1 is 0.833 bits per heavy atom. The molecule has 0 heterocycles. The molecule has 0 N–H and O–H groups in total. The van der Waals surface area contributed by atoms with Gasteiger partial charge in [-0.05, 0) is 36.3 Å². The highest BCUT2D eigenvalue weighted by Gasteiger charge is 2.15. The molecule has 5 heteroatoms. The lowest BCUT2D eigenvalue weighted by Gasteiger charge is -2.20. The van der Waals surface area contributed by atoms with Gasteiger partial charge in [0.15, 0.2) is 11.5 Å². The summed E-state index contributed by atoms with van der Waals surface area (Å²) in [4.78, 5) is 12.8. The van der Waals surface area contributed by atoms with E-state index in [4.69, 9.17) is 14.2 Å². The Hall–Kier alpha value is -3.47. The van der Waals surface area contributed by atoms with Crippen molar-refractivity contribution < 1.29 is 24.1 Å². The average molecular weight is 405 g/mol. The molecule has 0 atom stereocenters. The molecule has 0 fully saturated rings. The SMILES string of the molecule is CCCCCCOc1ccccc1OC(=O)c1ccccc1OC([O-])=C1C=CC=C1. The highest BCUT2D eigenvalue weighted by atomic mass is 16.6. The topological polar surface area (TPSA) is 67.8 Å². The zero-order valence-electron chi connectivity index (χ0n) is 17.0. The molecule has 0 saturated heterocycles. The van der Waals surface area contributed by atoms with Crippen LogP contribution in [0.5, 0.6) is 17.2 Å². The molecule has 5 nitrogen and oxygen atoms in total. The highest BCUT2D eigenvalue weighted by molar-refractivity contribution is 5.94. The molecule has 0 bridgehead atoms. The first kappa shape index (κ1) is 21.2. The van der Waals surface area contributed by atoms with Crippen LogP contribution in [0.4, 0.5) is 0 Å². The minimum absolute atomic E-state index is 0.145. The number of carbonyl (C=O) groups is 1. The number of unbranched alkanes of at least 4 members (excludes halogenated alkanes) is 3. The number of para-hydroxylation sites is 3. The highest BCUT2D eigenvalue weighted by Crippen LogP contribution is 2.29. The molecular weight excluding hydrogens is 380 g/mol. The van der Waals surface area contributed by atoms with E-state index in [1.165, 1.54) is 6.42 Å². The number of hydrogen-bond acceptors (Lipinski definition) is 5. The monoisotopic (exact) mass is 405 g/mol. The van der Waals surface area contributed by atoms with E-state index in [1.54, 1.807) is 66.8 Å². The third-order valence-electron chi connectivity index (χ3n) is 4.52. The molecular formula is C25H25O5-. The second kappa shape index (κ2) is 10.9. The van der Waals surface area contributed by atoms with Crippen LogP contribution in [0.15, 0.2) is 84.4 Å². The van der Waals surface area contributed by atoms with E-state index in [1.807, 2.05) is 6.07 Å². The Morgan fingerprint density at radius 3 is 2.23 bits per heavy atom. The quantitative estimate of drug-likeness (QED) is 0.242. The van der Waals surface area contributed by atoms with Crippen molar-refractivity contribution in [3.05, 3.63) is 89.9 Å². The summed E-state index contributed by atoms with van der Waals surface area (Å²) >= 11 is 0. The van der Waals surface area contributed by atoms with Crippen molar-refractivity contribution in [3.63, 3.8) is 0 Å². The standard InChI is InChI=1S/C25H26O5/c1-2-3-4-11-18-28-22-16-9-10-17-23(22)30-25(27)20-14-7-8-15-21(20)29-24(26)19-12-5-6-13-19/h5-10,12-17,26H,2-4,11,18H2,1H3/p-1. The molecule has 0 spiro atoms. The Kier molecular flexibility index (Phi) is 7.72. The van der Waals surface area contributed by atoms with Gasteiger partial charge >= 0.3 is 5.97 Å². The Bertz CT molecular complexity index is 942. The van der Waals surface area contributed by atoms with Gasteiger partial charge in [-0.2, -0.15) is 0 Å². The van der Waals surface area contributed by atoms with Crippen LogP contribution in [0.3, 0.4) is 0 Å². The van der Waals surface area contributed by atoms with Crippen molar-refractivity contribution in [1.82, 2.24) is 0 Å². The molecule has 0 unspecified atom stereocenters. The smallest absolute Gasteiger partial charge is 0.344 e. The van der Waals surface area contributed by atoms with E-state index < -0.39 is 11.9 Å². The Balaban J connectivity index is 1.70. The zero-order valence-corrected chi connectivity index (χ0v) is 17.0. The van der Waals surface area contributed by atoms with Gasteiger partial charge in [0.1, 0.15) is 0 Å². The zero-order chi connectivity index (χ0) is 21.2. The van der Waals surface area contributed by atoms with E-state index in [2.05, 4.69) is 6.92 Å². The van der Waals surface area contributed by atoms with Crippen LogP contribution < -0.4 is 19.3 Å². The average Bonchev–Trinajstić information content (AvgIpc) is 3.30. The van der Waals surface area contributed by atoms with Crippen LogP contribution in [0.2, 0.25) is 0 Å².